The van der Waals surface area contributed by atoms with Crippen molar-refractivity contribution in [2.24, 2.45) is 0 Å². The minimum atomic E-state index is 1.25. The van der Waals surface area contributed by atoms with Crippen LogP contribution >= 0.6 is 0 Å². The Morgan fingerprint density at radius 1 is 0.688 bits per heavy atom. The van der Waals surface area contributed by atoms with Gasteiger partial charge in [-0.2, -0.15) is 0 Å². The highest BCUT2D eigenvalue weighted by Crippen LogP contribution is 2.02. The molecule has 0 nitrogen and oxygen atoms in total. The van der Waals surface area contributed by atoms with Gasteiger partial charge in [0.25, 0.3) is 0 Å². The van der Waals surface area contributed by atoms with Gasteiger partial charge in [-0.3, -0.25) is 0 Å². The normalized spacial score (nSPS) is 7.25. The average molecular weight is 224 g/mol. The molecular weight excluding hydrogens is 192 g/mol. The zero-order chi connectivity index (χ0) is 13.4. The Morgan fingerprint density at radius 3 is 1.00 bits per heavy atom. The van der Waals surface area contributed by atoms with E-state index in [2.05, 4.69) is 65.8 Å². The Hall–Kier alpha value is -0.780. The van der Waals surface area contributed by atoms with Gasteiger partial charge in [0.2, 0.25) is 0 Å². The predicted molar refractivity (Wildman–Crippen MR) is 79.2 cm³/mol. The number of hydrogen-bond donors (Lipinski definition) is 0. The van der Waals surface area contributed by atoms with Crippen molar-refractivity contribution < 1.29 is 0 Å². The van der Waals surface area contributed by atoms with Crippen LogP contribution in [0.4, 0.5) is 0 Å². The first-order chi connectivity index (χ1) is 7.63. The van der Waals surface area contributed by atoms with Gasteiger partial charge >= 0.3 is 0 Å². The summed E-state index contributed by atoms with van der Waals surface area (Å²) in [7, 11) is 0. The Labute approximate surface area is 104 Å². The van der Waals surface area contributed by atoms with Crippen LogP contribution in [0.5, 0.6) is 0 Å². The van der Waals surface area contributed by atoms with Crippen molar-refractivity contribution in [2.45, 2.75) is 68.2 Å². The SMILES string of the molecule is CC.CCC.CCC.Cc1ccccc1C. The highest BCUT2D eigenvalue weighted by molar-refractivity contribution is 5.23. The van der Waals surface area contributed by atoms with Gasteiger partial charge in [0.15, 0.2) is 0 Å². The third-order valence-electron chi connectivity index (χ3n) is 1.43. The highest BCUT2D eigenvalue weighted by Gasteiger charge is 1.83. The van der Waals surface area contributed by atoms with Crippen LogP contribution in [0, 0.1) is 13.8 Å². The van der Waals surface area contributed by atoms with Crippen molar-refractivity contribution >= 4 is 0 Å². The largest absolute Gasteiger partial charge is 0.0683 e. The van der Waals surface area contributed by atoms with Gasteiger partial charge < -0.3 is 0 Å². The highest BCUT2D eigenvalue weighted by atomic mass is 13.9. The molecule has 0 aromatic heterocycles. The Bertz CT molecular complexity index is 178. The lowest BCUT2D eigenvalue weighted by Gasteiger charge is -1.93. The first-order valence-corrected chi connectivity index (χ1v) is 6.66. The summed E-state index contributed by atoms with van der Waals surface area (Å²) < 4.78 is 0. The molecule has 0 spiro atoms. The van der Waals surface area contributed by atoms with Gasteiger partial charge in [-0.1, -0.05) is 78.6 Å². The molecule has 0 bridgehead atoms. The minimum Gasteiger partial charge on any atom is -0.0683 e. The summed E-state index contributed by atoms with van der Waals surface area (Å²) in [6, 6.07) is 8.36. The van der Waals surface area contributed by atoms with E-state index < -0.39 is 0 Å². The van der Waals surface area contributed by atoms with Gasteiger partial charge in [-0.25, -0.2) is 0 Å². The molecule has 1 rings (SSSR count). The monoisotopic (exact) mass is 224 g/mol. The van der Waals surface area contributed by atoms with Gasteiger partial charge in [0.1, 0.15) is 0 Å². The van der Waals surface area contributed by atoms with E-state index in [4.69, 9.17) is 0 Å². The van der Waals surface area contributed by atoms with Crippen molar-refractivity contribution in [1.82, 2.24) is 0 Å². The summed E-state index contributed by atoms with van der Waals surface area (Å²) >= 11 is 0. The quantitative estimate of drug-likeness (QED) is 0.495. The van der Waals surface area contributed by atoms with Crippen LogP contribution < -0.4 is 0 Å². The van der Waals surface area contributed by atoms with Crippen molar-refractivity contribution in [3.05, 3.63) is 35.4 Å². The first-order valence-electron chi connectivity index (χ1n) is 6.66. The lowest BCUT2D eigenvalue weighted by molar-refractivity contribution is 1.09. The molecule has 1 aromatic carbocycles. The molecule has 0 heteroatoms. The van der Waals surface area contributed by atoms with Gasteiger partial charge in [-0.05, 0) is 25.0 Å². The van der Waals surface area contributed by atoms with Crippen LogP contribution in [-0.2, 0) is 0 Å². The fourth-order valence-electron chi connectivity index (χ4n) is 0.663. The molecule has 0 amide bonds. The van der Waals surface area contributed by atoms with E-state index in [9.17, 15) is 0 Å². The van der Waals surface area contributed by atoms with Crippen LogP contribution in [0.3, 0.4) is 0 Å². The molecule has 0 aliphatic heterocycles. The zero-order valence-electron chi connectivity index (χ0n) is 12.7. The molecule has 0 aliphatic carbocycles. The summed E-state index contributed by atoms with van der Waals surface area (Å²) in [6.07, 6.45) is 2.50. The van der Waals surface area contributed by atoms with Crippen LogP contribution in [-0.4, -0.2) is 0 Å². The summed E-state index contributed by atoms with van der Waals surface area (Å²) in [4.78, 5) is 0. The van der Waals surface area contributed by atoms with Crippen molar-refractivity contribution in [3.63, 3.8) is 0 Å². The van der Waals surface area contributed by atoms with Crippen LogP contribution in [0.2, 0.25) is 0 Å². The molecule has 96 valence electrons. The zero-order valence-corrected chi connectivity index (χ0v) is 12.7. The summed E-state index contributed by atoms with van der Waals surface area (Å²) in [6.45, 7) is 16.7. The average Bonchev–Trinajstić information content (AvgIpc) is 2.28. The molecule has 0 atom stereocenters. The maximum Gasteiger partial charge on any atom is -0.0395 e. The van der Waals surface area contributed by atoms with E-state index >= 15 is 0 Å². The van der Waals surface area contributed by atoms with E-state index in [0.29, 0.717) is 0 Å². The fourth-order valence-corrected chi connectivity index (χ4v) is 0.663. The number of hydrogen-bond acceptors (Lipinski definition) is 0. The summed E-state index contributed by atoms with van der Waals surface area (Å²) in [5, 5.41) is 0. The Balaban J connectivity index is -0.000000179. The maximum atomic E-state index is 2.12. The van der Waals surface area contributed by atoms with Gasteiger partial charge in [0.05, 0.1) is 0 Å². The van der Waals surface area contributed by atoms with E-state index in [-0.39, 0.29) is 0 Å². The van der Waals surface area contributed by atoms with Crippen molar-refractivity contribution in [1.29, 1.82) is 0 Å². The first kappa shape index (κ1) is 20.6. The predicted octanol–water partition coefficient (Wildman–Crippen LogP) is 6.16. The Kier molecular flexibility index (Phi) is 25.4. The second-order valence-electron chi connectivity index (χ2n) is 3.50. The molecule has 0 saturated heterocycles. The van der Waals surface area contributed by atoms with Crippen molar-refractivity contribution in [3.8, 4) is 0 Å². The van der Waals surface area contributed by atoms with E-state index in [1.54, 1.807) is 0 Å². The van der Waals surface area contributed by atoms with E-state index in [1.165, 1.54) is 24.0 Å². The number of benzene rings is 1. The number of rotatable bonds is 0. The molecule has 0 fully saturated rings. The minimum absolute atomic E-state index is 1.25. The van der Waals surface area contributed by atoms with E-state index in [1.807, 2.05) is 13.8 Å². The van der Waals surface area contributed by atoms with Gasteiger partial charge in [-0.15, -0.1) is 0 Å². The fraction of sp³-hybridized carbons (Fsp3) is 0.625. The third-order valence-corrected chi connectivity index (χ3v) is 1.43. The molecule has 0 heterocycles. The van der Waals surface area contributed by atoms with Crippen LogP contribution in [0.15, 0.2) is 24.3 Å². The molecule has 1 aromatic rings. The third kappa shape index (κ3) is 18.9. The van der Waals surface area contributed by atoms with Crippen LogP contribution in [0.25, 0.3) is 0 Å². The second kappa shape index (κ2) is 19.7. The lowest BCUT2D eigenvalue weighted by Crippen LogP contribution is -1.74. The molecule has 0 radical (unpaired) electrons. The lowest BCUT2D eigenvalue weighted by atomic mass is 10.1. The molecule has 0 N–H and O–H groups in total. The molecule has 0 unspecified atom stereocenters. The standard InChI is InChI=1S/C8H10.2C3H8.C2H6/c1-7-5-3-4-6-8(7)2;2*1-3-2;1-2/h3-6H,1-2H3;2*3H2,1-2H3;1-2H3. The Morgan fingerprint density at radius 2 is 0.875 bits per heavy atom. The summed E-state index contributed by atoms with van der Waals surface area (Å²) in [5.74, 6) is 0. The van der Waals surface area contributed by atoms with E-state index in [0.717, 1.165) is 0 Å². The number of aryl methyl sites for hydroxylation is 2. The molecular formula is C16H32. The summed E-state index contributed by atoms with van der Waals surface area (Å²) in [5.41, 5.74) is 2.74. The molecule has 0 aliphatic rings. The second-order valence-corrected chi connectivity index (χ2v) is 3.50. The van der Waals surface area contributed by atoms with Crippen molar-refractivity contribution in [2.75, 3.05) is 0 Å². The molecule has 0 saturated carbocycles. The van der Waals surface area contributed by atoms with Crippen LogP contribution in [0.1, 0.15) is 65.5 Å². The smallest absolute Gasteiger partial charge is 0.0395 e. The topological polar surface area (TPSA) is 0 Å². The van der Waals surface area contributed by atoms with Gasteiger partial charge in [0, 0.05) is 0 Å². The maximum absolute atomic E-state index is 2.12. The molecule has 16 heavy (non-hydrogen) atoms.